The first kappa shape index (κ1) is 28.1. The van der Waals surface area contributed by atoms with Crippen molar-refractivity contribution in [3.8, 4) is 0 Å². The minimum absolute atomic E-state index is 0. The fourth-order valence-electron chi connectivity index (χ4n) is 4.24. The number of carbonyl (C=O) groups is 1. The monoisotopic (exact) mass is 602 g/mol. The Morgan fingerprint density at radius 2 is 1.09 bits per heavy atom. The summed E-state index contributed by atoms with van der Waals surface area (Å²) in [6.07, 6.45) is 1.08. The molecule has 0 aromatic heterocycles. The molecule has 4 aromatic carbocycles. The fraction of sp³-hybridized carbons (Fsp3) is 0.138. The topological polar surface area (TPSA) is 29.6 Å². The Morgan fingerprint density at radius 1 is 0.629 bits per heavy atom. The molecular formula is C29H24ILiO2S2. The number of hydrogen-bond acceptors (Lipinski definition) is 4. The molecule has 2 atom stereocenters. The summed E-state index contributed by atoms with van der Waals surface area (Å²) in [7, 11) is 0. The van der Waals surface area contributed by atoms with Gasteiger partial charge < -0.3 is 28.7 Å². The molecule has 2 nitrogen and oxygen atoms in total. The zero-order valence-electron chi connectivity index (χ0n) is 18.6. The summed E-state index contributed by atoms with van der Waals surface area (Å²) in [5.41, 5.74) is 4.67. The van der Waals surface area contributed by atoms with E-state index < -0.39 is 0 Å². The number of fused-ring (bicyclic) bond motifs is 7. The van der Waals surface area contributed by atoms with Gasteiger partial charge in [0.15, 0.2) is 5.78 Å². The summed E-state index contributed by atoms with van der Waals surface area (Å²) in [5.74, 6) is 0.216. The van der Waals surface area contributed by atoms with Gasteiger partial charge in [0.05, 0.1) is 0 Å². The zero-order valence-corrected chi connectivity index (χ0v) is 22.4. The van der Waals surface area contributed by atoms with E-state index in [0.717, 1.165) is 16.0 Å². The standard InChI is InChI=1S/2C14H10OS.CH4.HI.Li/c1-3-7-11-9(5-1)13-14(15-13)10-6-2-4-8-12(10)16-11;15-12-9-10-5-1-3-7-13(10)16-14-8-4-2-6-11(12)14;;;/h1-8,13-14H;1-8H,9H2;1H4;1H;/q;;;;+1/p-1. The number of Topliss-reactive ketones (excluding diaryl/α,β-unsaturated/α-hetero) is 1. The molecule has 35 heavy (non-hydrogen) atoms. The smallest absolute Gasteiger partial charge is 1.00 e. The molecule has 0 saturated carbocycles. The summed E-state index contributed by atoms with van der Waals surface area (Å²) in [6, 6.07) is 33.0. The third kappa shape index (κ3) is 5.77. The summed E-state index contributed by atoms with van der Waals surface area (Å²) in [4.78, 5) is 17.0. The average molecular weight is 602 g/mol. The Balaban J connectivity index is 0.000000180. The number of carbonyl (C=O) groups excluding carboxylic acids is 1. The van der Waals surface area contributed by atoms with E-state index in [1.807, 2.05) is 54.2 Å². The van der Waals surface area contributed by atoms with Gasteiger partial charge >= 0.3 is 18.9 Å². The Kier molecular flexibility index (Phi) is 9.79. The van der Waals surface area contributed by atoms with E-state index in [-0.39, 0.29) is 68.3 Å². The van der Waals surface area contributed by atoms with Gasteiger partial charge in [-0.3, -0.25) is 4.79 Å². The Hall–Kier alpha value is -1.46. The van der Waals surface area contributed by atoms with E-state index in [1.165, 1.54) is 25.8 Å². The van der Waals surface area contributed by atoms with Gasteiger partial charge in [-0.15, -0.1) is 0 Å². The molecule has 0 bridgehead atoms. The van der Waals surface area contributed by atoms with E-state index in [0.29, 0.717) is 6.42 Å². The number of epoxide rings is 1. The number of hydrogen-bond donors (Lipinski definition) is 0. The molecule has 3 aliphatic rings. The number of halogens is 1. The van der Waals surface area contributed by atoms with Crippen LogP contribution in [0.3, 0.4) is 0 Å². The summed E-state index contributed by atoms with van der Waals surface area (Å²) in [6.45, 7) is 0. The van der Waals surface area contributed by atoms with Crippen LogP contribution in [0.25, 0.3) is 0 Å². The minimum Gasteiger partial charge on any atom is -1.00 e. The largest absolute Gasteiger partial charge is 1.00 e. The number of benzene rings is 4. The average Bonchev–Trinajstić information content (AvgIpc) is 3.64. The van der Waals surface area contributed by atoms with Crippen LogP contribution in [0, 0.1) is 0 Å². The predicted molar refractivity (Wildman–Crippen MR) is 135 cm³/mol. The first-order chi connectivity index (χ1) is 15.8. The van der Waals surface area contributed by atoms with Gasteiger partial charge in [0.1, 0.15) is 12.2 Å². The summed E-state index contributed by atoms with van der Waals surface area (Å²) in [5, 5.41) is 0. The normalized spacial score (nSPS) is 17.8. The van der Waals surface area contributed by atoms with Gasteiger partial charge in [0.25, 0.3) is 0 Å². The molecule has 0 aliphatic carbocycles. The predicted octanol–water partition coefficient (Wildman–Crippen LogP) is 2.18. The van der Waals surface area contributed by atoms with Crippen molar-refractivity contribution in [2.75, 3.05) is 0 Å². The second-order valence-electron chi connectivity index (χ2n) is 7.96. The minimum atomic E-state index is 0. The van der Waals surface area contributed by atoms with E-state index >= 15 is 0 Å². The van der Waals surface area contributed by atoms with E-state index in [2.05, 4.69) is 54.6 Å². The number of ketones is 1. The SMILES string of the molecule is C.O=C1Cc2ccccc2Sc2ccccc21.[I-].[Li+].c1ccc2c(c1)Sc1ccccc1C1OC21. The van der Waals surface area contributed by atoms with Crippen LogP contribution in [-0.4, -0.2) is 5.78 Å². The Labute approximate surface area is 244 Å². The van der Waals surface area contributed by atoms with Crippen LogP contribution in [0.4, 0.5) is 0 Å². The third-order valence-electron chi connectivity index (χ3n) is 5.89. The van der Waals surface area contributed by atoms with E-state index in [1.54, 1.807) is 11.8 Å². The first-order valence-electron chi connectivity index (χ1n) is 10.7. The molecule has 1 saturated heterocycles. The van der Waals surface area contributed by atoms with E-state index in [4.69, 9.17) is 4.74 Å². The third-order valence-corrected chi connectivity index (χ3v) is 8.27. The van der Waals surface area contributed by atoms with Gasteiger partial charge in [0, 0.05) is 31.6 Å². The molecule has 7 rings (SSSR count). The van der Waals surface area contributed by atoms with Crippen molar-refractivity contribution in [2.24, 2.45) is 0 Å². The quantitative estimate of drug-likeness (QED) is 0.176. The molecule has 0 amide bonds. The Bertz CT molecular complexity index is 1290. The van der Waals surface area contributed by atoms with Crippen LogP contribution in [0.1, 0.15) is 46.7 Å². The summed E-state index contributed by atoms with van der Waals surface area (Å²) < 4.78 is 5.80. The van der Waals surface area contributed by atoms with Gasteiger partial charge in [-0.25, -0.2) is 0 Å². The number of rotatable bonds is 0. The molecule has 0 spiro atoms. The molecule has 0 N–H and O–H groups in total. The van der Waals surface area contributed by atoms with Crippen LogP contribution in [-0.2, 0) is 11.2 Å². The van der Waals surface area contributed by atoms with Gasteiger partial charge in [0.2, 0.25) is 0 Å². The van der Waals surface area contributed by atoms with Crippen LogP contribution in [0.5, 0.6) is 0 Å². The van der Waals surface area contributed by atoms with Crippen LogP contribution in [0.15, 0.2) is 117 Å². The second-order valence-corrected chi connectivity index (χ2v) is 10.1. The maximum Gasteiger partial charge on any atom is 1.00 e. The van der Waals surface area contributed by atoms with Crippen LogP contribution < -0.4 is 42.8 Å². The molecule has 6 heteroatoms. The van der Waals surface area contributed by atoms with Crippen molar-refractivity contribution in [1.29, 1.82) is 0 Å². The summed E-state index contributed by atoms with van der Waals surface area (Å²) >= 11 is 3.54. The Morgan fingerprint density at radius 3 is 1.71 bits per heavy atom. The second kappa shape index (κ2) is 12.2. The number of ether oxygens (including phenoxy) is 1. The molecule has 1 fully saturated rings. The fourth-order valence-corrected chi connectivity index (χ4v) is 6.47. The van der Waals surface area contributed by atoms with Crippen molar-refractivity contribution < 1.29 is 52.4 Å². The van der Waals surface area contributed by atoms with Crippen molar-refractivity contribution in [2.45, 2.75) is 45.6 Å². The molecule has 4 aromatic rings. The van der Waals surface area contributed by atoms with E-state index in [9.17, 15) is 4.79 Å². The first-order valence-corrected chi connectivity index (χ1v) is 12.3. The van der Waals surface area contributed by atoms with Crippen molar-refractivity contribution in [1.82, 2.24) is 0 Å². The molecule has 3 aliphatic heterocycles. The van der Waals surface area contributed by atoms with Gasteiger partial charge in [-0.2, -0.15) is 0 Å². The molecule has 172 valence electrons. The van der Waals surface area contributed by atoms with Crippen molar-refractivity contribution in [3.05, 3.63) is 119 Å². The van der Waals surface area contributed by atoms with Crippen molar-refractivity contribution in [3.63, 3.8) is 0 Å². The molecule has 0 radical (unpaired) electrons. The van der Waals surface area contributed by atoms with Crippen LogP contribution >= 0.6 is 23.5 Å². The zero-order chi connectivity index (χ0) is 21.5. The molecule has 3 heterocycles. The van der Waals surface area contributed by atoms with Gasteiger partial charge in [-0.05, 0) is 41.0 Å². The molecule has 2 unspecified atom stereocenters. The molecular weight excluding hydrogens is 578 g/mol. The maximum atomic E-state index is 12.1. The van der Waals surface area contributed by atoms with Crippen LogP contribution in [0.2, 0.25) is 0 Å². The van der Waals surface area contributed by atoms with Gasteiger partial charge in [-0.1, -0.05) is 104 Å². The van der Waals surface area contributed by atoms with Crippen molar-refractivity contribution >= 4 is 29.3 Å². The maximum absolute atomic E-state index is 12.1.